The third kappa shape index (κ3) is 4.77. The highest BCUT2D eigenvalue weighted by Gasteiger charge is 2.20. The zero-order valence-electron chi connectivity index (χ0n) is 11.1. The maximum Gasteiger partial charge on any atom is 0.317 e. The number of hydrogen-bond acceptors (Lipinski definition) is 2. The Morgan fingerprint density at radius 2 is 2.17 bits per heavy atom. The van der Waals surface area contributed by atoms with Gasteiger partial charge < -0.3 is 15.3 Å². The summed E-state index contributed by atoms with van der Waals surface area (Å²) in [5.41, 5.74) is 0. The van der Waals surface area contributed by atoms with Crippen LogP contribution in [0.1, 0.15) is 39.5 Å². The van der Waals surface area contributed by atoms with E-state index in [2.05, 4.69) is 17.5 Å². The van der Waals surface area contributed by atoms with Crippen LogP contribution in [-0.2, 0) is 4.79 Å². The van der Waals surface area contributed by atoms with Crippen molar-refractivity contribution in [3.8, 4) is 0 Å². The number of urea groups is 1. The first kappa shape index (κ1) is 14.5. The summed E-state index contributed by atoms with van der Waals surface area (Å²) in [5.74, 6) is -0.881. The molecule has 2 N–H and O–H groups in total. The second-order valence-corrected chi connectivity index (χ2v) is 4.86. The topological polar surface area (TPSA) is 69.6 Å². The third-order valence-electron chi connectivity index (χ3n) is 3.05. The zero-order valence-corrected chi connectivity index (χ0v) is 11.1. The summed E-state index contributed by atoms with van der Waals surface area (Å²) in [6, 6.07) is 0.0172. The Kier molecular flexibility index (Phi) is 5.68. The van der Waals surface area contributed by atoms with Crippen LogP contribution in [0.4, 0.5) is 4.79 Å². The molecular weight excluding hydrogens is 232 g/mol. The van der Waals surface area contributed by atoms with Crippen LogP contribution >= 0.6 is 0 Å². The smallest absolute Gasteiger partial charge is 0.317 e. The number of carbonyl (C=O) groups is 2. The van der Waals surface area contributed by atoms with Crippen LogP contribution in [-0.4, -0.2) is 40.6 Å². The average Bonchev–Trinajstić information content (AvgIpc) is 2.29. The number of nitrogens with zero attached hydrogens (tertiary/aromatic N) is 1. The number of nitrogens with one attached hydrogen (secondary N) is 1. The Morgan fingerprint density at radius 1 is 1.44 bits per heavy atom. The lowest BCUT2D eigenvalue weighted by atomic mass is 10.0. The molecule has 1 rings (SSSR count). The quantitative estimate of drug-likeness (QED) is 0.737. The van der Waals surface area contributed by atoms with Gasteiger partial charge in [-0.3, -0.25) is 4.79 Å². The number of rotatable bonds is 5. The summed E-state index contributed by atoms with van der Waals surface area (Å²) in [4.78, 5) is 24.2. The van der Waals surface area contributed by atoms with E-state index in [1.807, 2.05) is 13.8 Å². The fourth-order valence-electron chi connectivity index (χ4n) is 1.99. The standard InChI is InChI=1S/C13H22N2O3/c1-10(2)15(9-8-12(16)17)13(18)14-11-6-4-3-5-7-11/h3-4,10-11H,5-9H2,1-2H3,(H,14,18)(H,16,17). The van der Waals surface area contributed by atoms with Gasteiger partial charge in [0.15, 0.2) is 0 Å². The van der Waals surface area contributed by atoms with Crippen LogP contribution in [0.2, 0.25) is 0 Å². The van der Waals surface area contributed by atoms with Crippen molar-refractivity contribution in [3.63, 3.8) is 0 Å². The average molecular weight is 254 g/mol. The number of amides is 2. The van der Waals surface area contributed by atoms with E-state index >= 15 is 0 Å². The highest BCUT2D eigenvalue weighted by Crippen LogP contribution is 2.11. The van der Waals surface area contributed by atoms with Gasteiger partial charge in [-0.15, -0.1) is 0 Å². The molecule has 0 aromatic heterocycles. The number of allylic oxidation sites excluding steroid dienone is 1. The van der Waals surface area contributed by atoms with Crippen LogP contribution in [0.15, 0.2) is 12.2 Å². The van der Waals surface area contributed by atoms with Crippen molar-refractivity contribution in [1.29, 1.82) is 0 Å². The lowest BCUT2D eigenvalue weighted by Crippen LogP contribution is -2.48. The molecule has 5 nitrogen and oxygen atoms in total. The van der Waals surface area contributed by atoms with Crippen LogP contribution in [0.3, 0.4) is 0 Å². The molecule has 0 aliphatic heterocycles. The Labute approximate surface area is 108 Å². The van der Waals surface area contributed by atoms with Gasteiger partial charge in [-0.25, -0.2) is 4.79 Å². The first-order valence-corrected chi connectivity index (χ1v) is 6.44. The Balaban J connectivity index is 2.48. The molecule has 0 saturated carbocycles. The van der Waals surface area contributed by atoms with Crippen molar-refractivity contribution in [3.05, 3.63) is 12.2 Å². The van der Waals surface area contributed by atoms with Gasteiger partial charge in [-0.1, -0.05) is 12.2 Å². The molecule has 1 aliphatic carbocycles. The van der Waals surface area contributed by atoms with Gasteiger partial charge in [0, 0.05) is 18.6 Å². The first-order valence-electron chi connectivity index (χ1n) is 6.44. The predicted octanol–water partition coefficient (Wildman–Crippen LogP) is 1.99. The van der Waals surface area contributed by atoms with Crippen LogP contribution < -0.4 is 5.32 Å². The van der Waals surface area contributed by atoms with Crippen molar-refractivity contribution in [2.75, 3.05) is 6.54 Å². The van der Waals surface area contributed by atoms with Crippen LogP contribution in [0.5, 0.6) is 0 Å². The molecule has 0 aromatic carbocycles. The summed E-state index contributed by atoms with van der Waals surface area (Å²) < 4.78 is 0. The van der Waals surface area contributed by atoms with Gasteiger partial charge in [0.1, 0.15) is 0 Å². The SMILES string of the molecule is CC(C)N(CCC(=O)O)C(=O)NC1CC=CCC1. The number of carboxylic acid groups (broad SMARTS) is 1. The van der Waals surface area contributed by atoms with E-state index in [1.165, 1.54) is 0 Å². The molecule has 0 fully saturated rings. The summed E-state index contributed by atoms with van der Waals surface area (Å²) in [7, 11) is 0. The van der Waals surface area contributed by atoms with Gasteiger partial charge in [-0.05, 0) is 33.1 Å². The Hall–Kier alpha value is -1.52. The summed E-state index contributed by atoms with van der Waals surface area (Å²) in [6.07, 6.45) is 6.97. The van der Waals surface area contributed by atoms with E-state index < -0.39 is 5.97 Å². The molecule has 1 aliphatic rings. The number of hydrogen-bond donors (Lipinski definition) is 2. The molecule has 0 spiro atoms. The third-order valence-corrected chi connectivity index (χ3v) is 3.05. The van der Waals surface area contributed by atoms with Crippen molar-refractivity contribution < 1.29 is 14.7 Å². The summed E-state index contributed by atoms with van der Waals surface area (Å²) >= 11 is 0. The molecule has 0 saturated heterocycles. The second-order valence-electron chi connectivity index (χ2n) is 4.86. The van der Waals surface area contributed by atoms with E-state index in [-0.39, 0.29) is 31.1 Å². The van der Waals surface area contributed by atoms with Crippen molar-refractivity contribution in [1.82, 2.24) is 10.2 Å². The maximum atomic E-state index is 12.1. The van der Waals surface area contributed by atoms with E-state index in [9.17, 15) is 9.59 Å². The molecule has 0 radical (unpaired) electrons. The predicted molar refractivity (Wildman–Crippen MR) is 69.4 cm³/mol. The van der Waals surface area contributed by atoms with E-state index in [0.717, 1.165) is 19.3 Å². The molecule has 0 bridgehead atoms. The largest absolute Gasteiger partial charge is 0.481 e. The van der Waals surface area contributed by atoms with Crippen LogP contribution in [0.25, 0.3) is 0 Å². The Bertz CT molecular complexity index is 326. The molecule has 18 heavy (non-hydrogen) atoms. The molecule has 0 heterocycles. The normalized spacial score (nSPS) is 18.7. The van der Waals surface area contributed by atoms with Crippen LogP contribution in [0, 0.1) is 0 Å². The van der Waals surface area contributed by atoms with Gasteiger partial charge in [0.2, 0.25) is 0 Å². The lowest BCUT2D eigenvalue weighted by molar-refractivity contribution is -0.137. The van der Waals surface area contributed by atoms with Crippen molar-refractivity contribution in [2.24, 2.45) is 0 Å². The molecular formula is C13H22N2O3. The van der Waals surface area contributed by atoms with Gasteiger partial charge in [0.25, 0.3) is 0 Å². The van der Waals surface area contributed by atoms with E-state index in [0.29, 0.717) is 0 Å². The molecule has 1 unspecified atom stereocenters. The molecule has 2 amide bonds. The number of carboxylic acids is 1. The van der Waals surface area contributed by atoms with E-state index in [4.69, 9.17) is 5.11 Å². The Morgan fingerprint density at radius 3 is 2.67 bits per heavy atom. The zero-order chi connectivity index (χ0) is 13.5. The molecule has 5 heteroatoms. The van der Waals surface area contributed by atoms with E-state index in [1.54, 1.807) is 4.90 Å². The summed E-state index contributed by atoms with van der Waals surface area (Å²) in [5, 5.41) is 11.6. The lowest BCUT2D eigenvalue weighted by Gasteiger charge is -2.29. The maximum absolute atomic E-state index is 12.1. The van der Waals surface area contributed by atoms with Gasteiger partial charge in [0.05, 0.1) is 6.42 Å². The highest BCUT2D eigenvalue weighted by molar-refractivity contribution is 5.76. The van der Waals surface area contributed by atoms with Crippen molar-refractivity contribution in [2.45, 2.75) is 51.6 Å². The molecule has 102 valence electrons. The minimum absolute atomic E-state index is 0.00322. The monoisotopic (exact) mass is 254 g/mol. The second kappa shape index (κ2) is 7.03. The minimum atomic E-state index is -0.881. The van der Waals surface area contributed by atoms with Gasteiger partial charge in [-0.2, -0.15) is 0 Å². The number of carbonyl (C=O) groups excluding carboxylic acids is 1. The fraction of sp³-hybridized carbons (Fsp3) is 0.692. The fourth-order valence-corrected chi connectivity index (χ4v) is 1.99. The van der Waals surface area contributed by atoms with Crippen molar-refractivity contribution >= 4 is 12.0 Å². The molecule has 0 aromatic rings. The minimum Gasteiger partial charge on any atom is -0.481 e. The molecule has 1 atom stereocenters. The highest BCUT2D eigenvalue weighted by atomic mass is 16.4. The number of aliphatic carboxylic acids is 1. The first-order chi connectivity index (χ1) is 8.50. The summed E-state index contributed by atoms with van der Waals surface area (Å²) in [6.45, 7) is 4.03. The van der Waals surface area contributed by atoms with Gasteiger partial charge >= 0.3 is 12.0 Å².